The molecule has 10 nitrogen and oxygen atoms in total. The summed E-state index contributed by atoms with van der Waals surface area (Å²) in [6, 6.07) is 14.4. The molecule has 0 radical (unpaired) electrons. The Labute approximate surface area is 473 Å². The highest BCUT2D eigenvalue weighted by atomic mass is 16.6. The van der Waals surface area contributed by atoms with E-state index in [0.29, 0.717) is 61.2 Å². The van der Waals surface area contributed by atoms with E-state index in [1.165, 1.54) is 30.4 Å². The zero-order chi connectivity index (χ0) is 55.0. The second-order valence-electron chi connectivity index (χ2n) is 30.0. The molecule has 7 saturated carbocycles. The van der Waals surface area contributed by atoms with Gasteiger partial charge in [0.1, 0.15) is 17.6 Å². The van der Waals surface area contributed by atoms with Crippen LogP contribution in [0.1, 0.15) is 210 Å². The maximum absolute atomic E-state index is 16.6. The predicted octanol–water partition coefficient (Wildman–Crippen LogP) is 11.9. The molecule has 2 aliphatic heterocycles. The zero-order valence-corrected chi connectivity index (χ0v) is 48.9. The average molecular weight is 1080 g/mol. The number of rotatable bonds is 10. The van der Waals surface area contributed by atoms with E-state index >= 15 is 9.59 Å². The van der Waals surface area contributed by atoms with Crippen molar-refractivity contribution in [1.82, 2.24) is 10.6 Å². The third-order valence-corrected chi connectivity index (χ3v) is 26.4. The van der Waals surface area contributed by atoms with Crippen LogP contribution in [-0.2, 0) is 20.9 Å². The van der Waals surface area contributed by atoms with Gasteiger partial charge in [-0.05, 0) is 253 Å². The number of allylic oxidation sites excluding steroid dienone is 2. The number of nitrogens with two attached hydrogens (primary N) is 1. The van der Waals surface area contributed by atoms with Gasteiger partial charge in [-0.2, -0.15) is 0 Å². The fourth-order valence-electron chi connectivity index (χ4n) is 23.4. The first kappa shape index (κ1) is 55.1. The third kappa shape index (κ3) is 8.46. The topological polar surface area (TPSA) is 178 Å². The molecule has 2 heterocycles. The number of fused-ring (bicyclic) bond motifs is 2. The van der Waals surface area contributed by atoms with Gasteiger partial charge in [0.05, 0.1) is 17.3 Å². The summed E-state index contributed by atoms with van der Waals surface area (Å²) >= 11 is 0. The van der Waals surface area contributed by atoms with E-state index < -0.39 is 28.1 Å². The number of anilines is 1. The van der Waals surface area contributed by atoms with Gasteiger partial charge < -0.3 is 41.5 Å². The molecule has 9 aliphatic carbocycles. The van der Waals surface area contributed by atoms with E-state index in [9.17, 15) is 20.4 Å². The largest absolute Gasteiger partial charge is 0.508 e. The first-order valence-electron chi connectivity index (χ1n) is 32.5. The number of ketones is 2. The fourth-order valence-corrected chi connectivity index (χ4v) is 23.4. The molecule has 11 aliphatic rings. The van der Waals surface area contributed by atoms with E-state index in [0.717, 1.165) is 144 Å². The average Bonchev–Trinajstić information content (AvgIpc) is 1.87. The Balaban J connectivity index is 0.974. The number of phenolic OH excluding ortho intramolecular Hbond substituents is 1. The SMILES string of the molecule is CNCc1cc(O)cc([C@H]2C[C@@]3(C4CCCCC4)[C@H]4CCC5=C6C(=O)[C@@H]7CC[C@@H](CC[C@H]8CC[C@@H](CO)C[C@@H]8[C@@H]6C[C@@H](O)[C@H]6O[C@]6(C)[C@@H]6CCC[C@@H]6c6cccc(N)c6)[C@@]4(C[C@@H]4NC[C@](C)(O)CCCC[C@@](C)(C2=O)[C@H]43)[C@]57C)c1. The van der Waals surface area contributed by atoms with E-state index in [2.05, 4.69) is 55.7 Å². The number of benzene rings is 2. The molecule has 2 aromatic carbocycles. The number of hydrogen-bond donors (Lipinski definition) is 7. The number of hydrogen-bond acceptors (Lipinski definition) is 10. The van der Waals surface area contributed by atoms with Crippen LogP contribution in [0, 0.1) is 80.8 Å². The van der Waals surface area contributed by atoms with Gasteiger partial charge >= 0.3 is 0 Å². The van der Waals surface area contributed by atoms with Crippen LogP contribution in [0.3, 0.4) is 0 Å². The van der Waals surface area contributed by atoms with E-state index in [1.54, 1.807) is 0 Å². The van der Waals surface area contributed by atoms with Crippen LogP contribution in [0.25, 0.3) is 0 Å². The summed E-state index contributed by atoms with van der Waals surface area (Å²) in [5.74, 6) is 2.86. The summed E-state index contributed by atoms with van der Waals surface area (Å²) < 4.78 is 6.88. The van der Waals surface area contributed by atoms with Gasteiger partial charge in [-0.1, -0.05) is 76.1 Å². The molecule has 1 spiro atoms. The molecule has 2 aromatic rings. The summed E-state index contributed by atoms with van der Waals surface area (Å²) in [6.45, 7) is 10.5. The number of aliphatic hydroxyl groups is 3. The molecule has 10 heteroatoms. The number of aliphatic hydroxyl groups excluding tert-OH is 2. The number of Topliss-reactive ketones (excluding diaryl/α,β-unsaturated/α-hetero) is 2. The Morgan fingerprint density at radius 3 is 2.41 bits per heavy atom. The number of carbonyl (C=O) groups is 2. The molecular weight excluding hydrogens is 983 g/mol. The van der Waals surface area contributed by atoms with Crippen LogP contribution in [0.5, 0.6) is 5.75 Å². The Kier molecular flexibility index (Phi) is 14.2. The summed E-state index contributed by atoms with van der Waals surface area (Å²) in [4.78, 5) is 32.9. The number of epoxide rings is 1. The lowest BCUT2D eigenvalue weighted by atomic mass is 9.27. The molecule has 2 saturated heterocycles. The number of phenols is 1. The van der Waals surface area contributed by atoms with Crippen molar-refractivity contribution in [2.24, 2.45) is 80.8 Å². The first-order chi connectivity index (χ1) is 37.9. The van der Waals surface area contributed by atoms with Gasteiger partial charge in [-0.25, -0.2) is 0 Å². The summed E-state index contributed by atoms with van der Waals surface area (Å²) in [7, 11) is 1.95. The van der Waals surface area contributed by atoms with Crippen molar-refractivity contribution in [3.63, 3.8) is 0 Å². The normalized spacial score (nSPS) is 46.3. The summed E-state index contributed by atoms with van der Waals surface area (Å²) in [5, 5.41) is 55.4. The van der Waals surface area contributed by atoms with Crippen molar-refractivity contribution < 1.29 is 34.8 Å². The number of β-amino-alcohol motifs (C(OH)–C–C–N with tert-alkyl or cyclic N) is 1. The van der Waals surface area contributed by atoms with Crippen molar-refractivity contribution in [1.29, 1.82) is 0 Å². The smallest absolute Gasteiger partial charge is 0.163 e. The molecule has 0 unspecified atom stereocenters. The Hall–Kier alpha value is -3.12. The Morgan fingerprint density at radius 1 is 0.835 bits per heavy atom. The van der Waals surface area contributed by atoms with Gasteiger partial charge in [0, 0.05) is 54.1 Å². The van der Waals surface area contributed by atoms with Gasteiger partial charge in [0.2, 0.25) is 0 Å². The lowest BCUT2D eigenvalue weighted by Gasteiger charge is -2.77. The minimum atomic E-state index is -0.887. The molecule has 20 atom stereocenters. The van der Waals surface area contributed by atoms with Crippen LogP contribution in [0.2, 0.25) is 0 Å². The summed E-state index contributed by atoms with van der Waals surface area (Å²) in [5.41, 5.74) is 10.0. The molecule has 0 aromatic heterocycles. The van der Waals surface area contributed by atoms with Crippen molar-refractivity contribution >= 4 is 17.3 Å². The molecule has 0 amide bonds. The predicted molar refractivity (Wildman–Crippen MR) is 310 cm³/mol. The fraction of sp³-hybridized carbons (Fsp3) is 0.768. The molecule has 79 heavy (non-hydrogen) atoms. The second-order valence-corrected chi connectivity index (χ2v) is 30.0. The van der Waals surface area contributed by atoms with Gasteiger partial charge in [0.15, 0.2) is 5.78 Å². The van der Waals surface area contributed by atoms with Crippen molar-refractivity contribution in [2.45, 2.75) is 230 Å². The number of ether oxygens (including phenoxy) is 1. The van der Waals surface area contributed by atoms with Crippen molar-refractivity contribution in [2.75, 3.05) is 25.9 Å². The number of carbonyl (C=O) groups excluding carboxylic acids is 2. The Bertz CT molecular complexity index is 2700. The maximum atomic E-state index is 16.6. The second kappa shape index (κ2) is 20.3. The van der Waals surface area contributed by atoms with E-state index in [4.69, 9.17) is 10.5 Å². The number of aromatic hydroxyl groups is 1. The van der Waals surface area contributed by atoms with Crippen LogP contribution >= 0.6 is 0 Å². The van der Waals surface area contributed by atoms with Crippen LogP contribution in [0.4, 0.5) is 5.69 Å². The quantitative estimate of drug-likeness (QED) is 0.0895. The van der Waals surface area contributed by atoms with Gasteiger partial charge in [-0.3, -0.25) is 9.59 Å². The van der Waals surface area contributed by atoms with Crippen molar-refractivity contribution in [3.05, 3.63) is 70.3 Å². The highest BCUT2D eigenvalue weighted by Gasteiger charge is 2.79. The van der Waals surface area contributed by atoms with Crippen molar-refractivity contribution in [3.8, 4) is 5.75 Å². The Morgan fingerprint density at radius 2 is 1.62 bits per heavy atom. The van der Waals surface area contributed by atoms with Crippen LogP contribution in [0.15, 0.2) is 53.6 Å². The van der Waals surface area contributed by atoms with Gasteiger partial charge in [-0.15, -0.1) is 0 Å². The van der Waals surface area contributed by atoms with Crippen LogP contribution < -0.4 is 16.4 Å². The maximum Gasteiger partial charge on any atom is 0.163 e. The molecular formula is C69H99N3O7. The highest BCUT2D eigenvalue weighted by molar-refractivity contribution is 6.03. The molecule has 9 fully saturated rings. The zero-order valence-electron chi connectivity index (χ0n) is 48.9. The minimum Gasteiger partial charge on any atom is -0.508 e. The monoisotopic (exact) mass is 1080 g/mol. The molecule has 5 bridgehead atoms. The van der Waals surface area contributed by atoms with Crippen LogP contribution in [-0.4, -0.2) is 81.6 Å². The molecule has 8 N–H and O–H groups in total. The number of nitrogens with one attached hydrogen (secondary N) is 2. The first-order valence-corrected chi connectivity index (χ1v) is 32.5. The third-order valence-electron chi connectivity index (χ3n) is 26.4. The lowest BCUT2D eigenvalue weighted by molar-refractivity contribution is -0.262. The van der Waals surface area contributed by atoms with E-state index in [1.807, 2.05) is 32.2 Å². The minimum absolute atomic E-state index is 0.0250. The standard InChI is InChI=1S/C69H99N3O7/c1-64(78)27-9-10-28-65(2)61-56(72-39-64)36-69-46-22-21-42-20-19-40(38-73)31-50(42)51(34-57(75)63-67(4,79-63)53-18-12-17-49(53)43-13-11-16-47(70)32-43)59-54(66(69,3)55(24-23-46)60(59)76)25-26-58(69)68(61,45-14-7-6-8-15-45)35-52(62(65)77)44-29-41(37-71-5)30-48(74)33-44/h11,13,16,29-30,32-33,40,42,45-46,49-53,55-58,61,63,71-75,78H,6-10,12,14-15,17-28,31,34-39,70H2,1-5H3/t40-,42-,46-,49-,50+,51+,52-,53-,55+,56+,57-,58-,61+,63-,64-,65-,66-,67-,68-,69-/m1/s1. The lowest BCUT2D eigenvalue weighted by Crippen LogP contribution is -2.76. The highest BCUT2D eigenvalue weighted by Crippen LogP contribution is 2.83. The van der Waals surface area contributed by atoms with Gasteiger partial charge in [0.25, 0.3) is 0 Å². The van der Waals surface area contributed by atoms with E-state index in [-0.39, 0.29) is 82.7 Å². The summed E-state index contributed by atoms with van der Waals surface area (Å²) in [6.07, 6.45) is 22.6. The molecule has 432 valence electrons. The number of nitrogen functional groups attached to an aromatic ring is 1. The molecule has 13 rings (SSSR count).